The lowest BCUT2D eigenvalue weighted by atomic mass is 10.0. The number of hydrogen-bond acceptors (Lipinski definition) is 7. The van der Waals surface area contributed by atoms with Crippen molar-refractivity contribution in [3.05, 3.63) is 29.3 Å². The predicted octanol–water partition coefficient (Wildman–Crippen LogP) is 1.62. The van der Waals surface area contributed by atoms with Crippen molar-refractivity contribution in [2.45, 2.75) is 18.6 Å². The number of likely N-dealkylation sites (tertiary alicyclic amines) is 1. The second kappa shape index (κ2) is 6.21. The van der Waals surface area contributed by atoms with E-state index in [2.05, 4.69) is 10.3 Å². The first kappa shape index (κ1) is 16.5. The lowest BCUT2D eigenvalue weighted by molar-refractivity contribution is -0.119. The molecular weight excluding hydrogens is 370 g/mol. The van der Waals surface area contributed by atoms with Crippen LogP contribution in [0.25, 0.3) is 10.6 Å². The van der Waals surface area contributed by atoms with Gasteiger partial charge >= 0.3 is 0 Å². The summed E-state index contributed by atoms with van der Waals surface area (Å²) in [5.41, 5.74) is 0.294. The van der Waals surface area contributed by atoms with Crippen LogP contribution in [0.15, 0.2) is 24.4 Å². The monoisotopic (exact) mass is 387 g/mol. The quantitative estimate of drug-likeness (QED) is 0.842. The Labute approximate surface area is 159 Å². The molecule has 1 aromatic carbocycles. The van der Waals surface area contributed by atoms with Crippen LogP contribution < -0.4 is 14.8 Å². The smallest absolute Gasteiger partial charge is 0.265 e. The summed E-state index contributed by atoms with van der Waals surface area (Å²) in [5.74, 6) is 1.27. The summed E-state index contributed by atoms with van der Waals surface area (Å²) < 4.78 is 16.3. The summed E-state index contributed by atoms with van der Waals surface area (Å²) in [5, 5.41) is 3.64. The highest BCUT2D eigenvalue weighted by molar-refractivity contribution is 7.16. The first-order valence-electron chi connectivity index (χ1n) is 8.72. The lowest BCUT2D eigenvalue weighted by Gasteiger charge is -2.37. The predicted molar refractivity (Wildman–Crippen MR) is 95.6 cm³/mol. The summed E-state index contributed by atoms with van der Waals surface area (Å²) in [6.07, 6.45) is 2.81. The maximum atomic E-state index is 12.8. The Hall–Kier alpha value is -2.65. The molecule has 1 aromatic heterocycles. The number of thiazole rings is 1. The summed E-state index contributed by atoms with van der Waals surface area (Å²) in [4.78, 5) is 31.0. The van der Waals surface area contributed by atoms with Gasteiger partial charge in [-0.05, 0) is 18.2 Å². The minimum Gasteiger partial charge on any atom is -0.454 e. The van der Waals surface area contributed by atoms with Crippen LogP contribution >= 0.6 is 11.3 Å². The first-order valence-corrected chi connectivity index (χ1v) is 9.54. The van der Waals surface area contributed by atoms with E-state index in [9.17, 15) is 9.59 Å². The highest BCUT2D eigenvalue weighted by Crippen LogP contribution is 2.37. The molecule has 27 heavy (non-hydrogen) atoms. The lowest BCUT2D eigenvalue weighted by Crippen LogP contribution is -2.52. The van der Waals surface area contributed by atoms with Crippen LogP contribution in [0.4, 0.5) is 0 Å². The molecular formula is C18H17N3O5S. The van der Waals surface area contributed by atoms with Crippen molar-refractivity contribution in [3.8, 4) is 22.1 Å². The van der Waals surface area contributed by atoms with Gasteiger partial charge in [-0.3, -0.25) is 9.59 Å². The fourth-order valence-corrected chi connectivity index (χ4v) is 4.44. The minimum atomic E-state index is -0.598. The summed E-state index contributed by atoms with van der Waals surface area (Å²) in [6, 6.07) is 5.63. The fourth-order valence-electron chi connectivity index (χ4n) is 3.56. The van der Waals surface area contributed by atoms with Crippen molar-refractivity contribution in [1.29, 1.82) is 0 Å². The van der Waals surface area contributed by atoms with Gasteiger partial charge in [0.05, 0.1) is 6.20 Å². The molecule has 2 amide bonds. The number of nitrogens with zero attached hydrogens (tertiary/aromatic N) is 2. The Bertz CT molecular complexity index is 919. The Balaban J connectivity index is 1.29. The van der Waals surface area contributed by atoms with E-state index in [4.69, 9.17) is 14.2 Å². The van der Waals surface area contributed by atoms with Gasteiger partial charge in [-0.2, -0.15) is 0 Å². The van der Waals surface area contributed by atoms with E-state index in [1.54, 1.807) is 11.1 Å². The molecule has 4 heterocycles. The molecule has 2 saturated heterocycles. The molecule has 2 aromatic rings. The third-order valence-corrected chi connectivity index (χ3v) is 6.08. The zero-order valence-corrected chi connectivity index (χ0v) is 15.2. The van der Waals surface area contributed by atoms with E-state index >= 15 is 0 Å². The largest absolute Gasteiger partial charge is 0.454 e. The molecule has 0 aliphatic carbocycles. The van der Waals surface area contributed by atoms with E-state index < -0.39 is 5.72 Å². The number of ether oxygens (including phenoxy) is 3. The van der Waals surface area contributed by atoms with Gasteiger partial charge in [-0.25, -0.2) is 4.98 Å². The molecule has 9 heteroatoms. The van der Waals surface area contributed by atoms with Gasteiger partial charge in [-0.15, -0.1) is 11.3 Å². The Morgan fingerprint density at radius 3 is 2.81 bits per heavy atom. The number of carbonyl (C=O) groups is 2. The molecule has 1 spiro atoms. The fraction of sp³-hybridized carbons (Fsp3) is 0.389. The molecule has 8 nitrogen and oxygen atoms in total. The number of benzene rings is 1. The van der Waals surface area contributed by atoms with Crippen molar-refractivity contribution < 1.29 is 23.8 Å². The molecule has 2 fully saturated rings. The zero-order valence-electron chi connectivity index (χ0n) is 14.4. The molecule has 3 aliphatic heterocycles. The van der Waals surface area contributed by atoms with Gasteiger partial charge < -0.3 is 24.4 Å². The Kier molecular flexibility index (Phi) is 3.80. The maximum absolute atomic E-state index is 12.8. The van der Waals surface area contributed by atoms with E-state index in [1.807, 2.05) is 18.2 Å². The number of fused-ring (bicyclic) bond motifs is 1. The molecule has 0 unspecified atom stereocenters. The van der Waals surface area contributed by atoms with E-state index in [0.717, 1.165) is 16.3 Å². The van der Waals surface area contributed by atoms with Crippen LogP contribution in [0.2, 0.25) is 0 Å². The normalized spacial score (nSPS) is 20.1. The van der Waals surface area contributed by atoms with Crippen LogP contribution in [0.5, 0.6) is 11.5 Å². The number of aromatic nitrogens is 1. The van der Waals surface area contributed by atoms with Crippen molar-refractivity contribution >= 4 is 23.2 Å². The zero-order chi connectivity index (χ0) is 18.4. The molecule has 140 valence electrons. The average Bonchev–Trinajstić information content (AvgIpc) is 3.41. The molecule has 3 aliphatic rings. The second-order valence-electron chi connectivity index (χ2n) is 6.72. The van der Waals surface area contributed by atoms with Crippen molar-refractivity contribution in [1.82, 2.24) is 15.2 Å². The maximum Gasteiger partial charge on any atom is 0.265 e. The number of amides is 2. The van der Waals surface area contributed by atoms with Gasteiger partial charge in [0.2, 0.25) is 12.7 Å². The van der Waals surface area contributed by atoms with Crippen LogP contribution in [-0.2, 0) is 9.53 Å². The van der Waals surface area contributed by atoms with Crippen molar-refractivity contribution in [2.24, 2.45) is 0 Å². The van der Waals surface area contributed by atoms with Crippen LogP contribution in [0.1, 0.15) is 22.5 Å². The SMILES string of the molecule is O=C1COC2(CCN(C(=O)c3cnc(-c4ccc5c(c4)OCO5)s3)CC2)N1. The summed E-state index contributed by atoms with van der Waals surface area (Å²) >= 11 is 1.36. The highest BCUT2D eigenvalue weighted by atomic mass is 32.1. The van der Waals surface area contributed by atoms with Gasteiger partial charge in [0.1, 0.15) is 22.2 Å². The number of carbonyl (C=O) groups excluding carboxylic acids is 2. The van der Waals surface area contributed by atoms with Gasteiger partial charge in [-0.1, -0.05) is 0 Å². The number of hydrogen-bond donors (Lipinski definition) is 1. The average molecular weight is 387 g/mol. The molecule has 0 atom stereocenters. The molecule has 1 N–H and O–H groups in total. The van der Waals surface area contributed by atoms with Crippen LogP contribution in [0, 0.1) is 0 Å². The van der Waals surface area contributed by atoms with Crippen molar-refractivity contribution in [3.63, 3.8) is 0 Å². The third kappa shape index (κ3) is 2.92. The number of piperidine rings is 1. The van der Waals surface area contributed by atoms with Crippen LogP contribution in [0.3, 0.4) is 0 Å². The first-order chi connectivity index (χ1) is 13.1. The topological polar surface area (TPSA) is 90.0 Å². The molecule has 0 radical (unpaired) electrons. The number of nitrogens with one attached hydrogen (secondary N) is 1. The summed E-state index contributed by atoms with van der Waals surface area (Å²) in [6.45, 7) is 1.40. The molecule has 0 bridgehead atoms. The Morgan fingerprint density at radius 2 is 2.04 bits per heavy atom. The van der Waals surface area contributed by atoms with Gasteiger partial charge in [0, 0.05) is 31.5 Å². The highest BCUT2D eigenvalue weighted by Gasteiger charge is 2.42. The van der Waals surface area contributed by atoms with E-state index in [0.29, 0.717) is 36.6 Å². The van der Waals surface area contributed by atoms with E-state index in [1.165, 1.54) is 11.3 Å². The Morgan fingerprint density at radius 1 is 1.22 bits per heavy atom. The third-order valence-electron chi connectivity index (χ3n) is 5.04. The van der Waals surface area contributed by atoms with E-state index in [-0.39, 0.29) is 25.2 Å². The molecule has 5 rings (SSSR count). The van der Waals surface area contributed by atoms with Gasteiger partial charge in [0.15, 0.2) is 11.5 Å². The standard InChI is InChI=1S/C18H17N3O5S/c22-15-9-26-18(20-15)3-5-21(6-4-18)17(23)14-8-19-16(27-14)11-1-2-12-13(7-11)25-10-24-12/h1-2,7-8H,3-6,9-10H2,(H,20,22). The van der Waals surface area contributed by atoms with Crippen molar-refractivity contribution in [2.75, 3.05) is 26.5 Å². The number of rotatable bonds is 2. The second-order valence-corrected chi connectivity index (χ2v) is 7.75. The molecule has 0 saturated carbocycles. The van der Waals surface area contributed by atoms with Gasteiger partial charge in [0.25, 0.3) is 5.91 Å². The minimum absolute atomic E-state index is 0.0429. The summed E-state index contributed by atoms with van der Waals surface area (Å²) in [7, 11) is 0. The van der Waals surface area contributed by atoms with Crippen LogP contribution in [-0.4, -0.2) is 53.9 Å².